The van der Waals surface area contributed by atoms with Crippen LogP contribution in [-0.2, 0) is 19.5 Å². The van der Waals surface area contributed by atoms with Crippen molar-refractivity contribution in [1.82, 2.24) is 19.9 Å². The maximum absolute atomic E-state index is 12.4. The number of ether oxygens (including phenoxy) is 1. The van der Waals surface area contributed by atoms with Gasteiger partial charge in [0, 0.05) is 18.9 Å². The van der Waals surface area contributed by atoms with E-state index >= 15 is 0 Å². The second-order valence-corrected chi connectivity index (χ2v) is 7.65. The van der Waals surface area contributed by atoms with Crippen LogP contribution >= 0.6 is 0 Å². The summed E-state index contributed by atoms with van der Waals surface area (Å²) in [5.41, 5.74) is 3.87. The Morgan fingerprint density at radius 2 is 1.88 bits per heavy atom. The van der Waals surface area contributed by atoms with Crippen LogP contribution in [0.15, 0.2) is 73.1 Å². The van der Waals surface area contributed by atoms with Crippen molar-refractivity contribution in [1.29, 1.82) is 0 Å². The lowest BCUT2D eigenvalue weighted by Crippen LogP contribution is -2.25. The first-order valence-electron chi connectivity index (χ1n) is 11.1. The van der Waals surface area contributed by atoms with Gasteiger partial charge in [0.1, 0.15) is 11.6 Å². The van der Waals surface area contributed by atoms with Crippen LogP contribution in [0.25, 0.3) is 11.0 Å². The number of unbranched alkanes of at least 4 members (excludes halogenated alkanes) is 1. The van der Waals surface area contributed by atoms with Gasteiger partial charge in [-0.1, -0.05) is 31.2 Å². The molecule has 0 fully saturated rings. The number of fused-ring (bicyclic) bond motifs is 1. The van der Waals surface area contributed by atoms with Gasteiger partial charge in [-0.3, -0.25) is 9.78 Å². The van der Waals surface area contributed by atoms with Gasteiger partial charge in [-0.25, -0.2) is 4.98 Å². The molecule has 6 nitrogen and oxygen atoms in total. The molecule has 0 saturated heterocycles. The van der Waals surface area contributed by atoms with Crippen molar-refractivity contribution in [3.8, 4) is 5.75 Å². The molecular weight excluding hydrogens is 400 g/mol. The number of aryl methyl sites for hydroxylation is 2. The average molecular weight is 429 g/mol. The number of amides is 1. The van der Waals surface area contributed by atoms with Crippen molar-refractivity contribution in [3.05, 3.63) is 90.0 Å². The first kappa shape index (κ1) is 21.6. The average Bonchev–Trinajstić information content (AvgIpc) is 3.20. The van der Waals surface area contributed by atoms with Gasteiger partial charge < -0.3 is 14.6 Å². The van der Waals surface area contributed by atoms with E-state index in [0.717, 1.165) is 48.4 Å². The van der Waals surface area contributed by atoms with Gasteiger partial charge in [0.05, 0.1) is 29.7 Å². The second kappa shape index (κ2) is 10.6. The van der Waals surface area contributed by atoms with Crippen molar-refractivity contribution in [3.63, 3.8) is 0 Å². The van der Waals surface area contributed by atoms with Crippen molar-refractivity contribution in [2.45, 2.75) is 39.3 Å². The maximum atomic E-state index is 12.4. The quantitative estimate of drug-likeness (QED) is 0.369. The molecule has 2 aromatic heterocycles. The standard InChI is InChI=1S/C26H28N4O2/c1-2-20-11-13-22(14-12-20)32-17-6-5-16-30-24-10-4-3-9-23(24)29-25(30)19-28-26(31)21-8-7-15-27-18-21/h3-4,7-15,18H,2,5-6,16-17,19H2,1H3,(H,28,31). The number of aromatic nitrogens is 3. The largest absolute Gasteiger partial charge is 0.494 e. The topological polar surface area (TPSA) is 69.0 Å². The van der Waals surface area contributed by atoms with Gasteiger partial charge in [0.2, 0.25) is 0 Å². The van der Waals surface area contributed by atoms with E-state index < -0.39 is 0 Å². The molecule has 164 valence electrons. The highest BCUT2D eigenvalue weighted by atomic mass is 16.5. The molecule has 0 bridgehead atoms. The van der Waals surface area contributed by atoms with Gasteiger partial charge in [-0.2, -0.15) is 0 Å². The predicted octanol–water partition coefficient (Wildman–Crippen LogP) is 4.78. The zero-order valence-corrected chi connectivity index (χ0v) is 18.3. The molecule has 4 aromatic rings. The summed E-state index contributed by atoms with van der Waals surface area (Å²) in [6.45, 7) is 4.00. The van der Waals surface area contributed by atoms with Crippen LogP contribution in [0.2, 0.25) is 0 Å². The number of pyridine rings is 1. The third-order valence-electron chi connectivity index (χ3n) is 5.44. The molecule has 2 aromatic carbocycles. The highest BCUT2D eigenvalue weighted by Crippen LogP contribution is 2.18. The van der Waals surface area contributed by atoms with Crippen LogP contribution in [-0.4, -0.2) is 27.0 Å². The molecule has 4 rings (SSSR count). The molecule has 32 heavy (non-hydrogen) atoms. The number of nitrogens with zero attached hydrogens (tertiary/aromatic N) is 3. The summed E-state index contributed by atoms with van der Waals surface area (Å²) in [6.07, 6.45) is 6.14. The van der Waals surface area contributed by atoms with Crippen LogP contribution in [0.4, 0.5) is 0 Å². The Morgan fingerprint density at radius 1 is 1.03 bits per heavy atom. The Morgan fingerprint density at radius 3 is 2.66 bits per heavy atom. The smallest absolute Gasteiger partial charge is 0.253 e. The molecule has 6 heteroatoms. The minimum absolute atomic E-state index is 0.154. The molecule has 0 aliphatic heterocycles. The highest BCUT2D eigenvalue weighted by Gasteiger charge is 2.12. The maximum Gasteiger partial charge on any atom is 0.253 e. The molecule has 0 saturated carbocycles. The number of rotatable bonds is 10. The van der Waals surface area contributed by atoms with Gasteiger partial charge >= 0.3 is 0 Å². The van der Waals surface area contributed by atoms with E-state index in [2.05, 4.69) is 40.0 Å². The predicted molar refractivity (Wildman–Crippen MR) is 126 cm³/mol. The van der Waals surface area contributed by atoms with Crippen molar-refractivity contribution in [2.24, 2.45) is 0 Å². The van der Waals surface area contributed by atoms with Crippen LogP contribution < -0.4 is 10.1 Å². The van der Waals surface area contributed by atoms with Crippen LogP contribution in [0.3, 0.4) is 0 Å². The van der Waals surface area contributed by atoms with Gasteiger partial charge in [-0.15, -0.1) is 0 Å². The van der Waals surface area contributed by atoms with E-state index in [-0.39, 0.29) is 5.91 Å². The normalized spacial score (nSPS) is 10.9. The molecule has 0 atom stereocenters. The third-order valence-corrected chi connectivity index (χ3v) is 5.44. The molecule has 0 unspecified atom stereocenters. The number of carbonyl (C=O) groups is 1. The molecule has 0 aliphatic rings. The fraction of sp³-hybridized carbons (Fsp3) is 0.269. The summed E-state index contributed by atoms with van der Waals surface area (Å²) in [7, 11) is 0. The zero-order chi connectivity index (χ0) is 22.2. The first-order chi connectivity index (χ1) is 15.7. The molecular formula is C26H28N4O2. The lowest BCUT2D eigenvalue weighted by molar-refractivity contribution is 0.0949. The van der Waals surface area contributed by atoms with E-state index in [1.54, 1.807) is 24.5 Å². The Labute approximate surface area is 188 Å². The summed E-state index contributed by atoms with van der Waals surface area (Å²) in [6, 6.07) is 19.9. The first-order valence-corrected chi connectivity index (χ1v) is 11.1. The SMILES string of the molecule is CCc1ccc(OCCCCn2c(CNC(=O)c3cccnc3)nc3ccccc32)cc1. The van der Waals surface area contributed by atoms with Crippen LogP contribution in [0.1, 0.15) is 41.5 Å². The fourth-order valence-electron chi connectivity index (χ4n) is 3.65. The number of hydrogen-bond donors (Lipinski definition) is 1. The summed E-state index contributed by atoms with van der Waals surface area (Å²) < 4.78 is 8.07. The van der Waals surface area contributed by atoms with E-state index in [0.29, 0.717) is 18.7 Å². The van der Waals surface area contributed by atoms with Crippen molar-refractivity contribution < 1.29 is 9.53 Å². The molecule has 0 aliphatic carbocycles. The molecule has 0 spiro atoms. The number of hydrogen-bond acceptors (Lipinski definition) is 4. The number of imidazole rings is 1. The lowest BCUT2D eigenvalue weighted by Gasteiger charge is -2.11. The molecule has 2 heterocycles. The zero-order valence-electron chi connectivity index (χ0n) is 18.3. The summed E-state index contributed by atoms with van der Waals surface area (Å²) in [4.78, 5) is 21.2. The molecule has 1 N–H and O–H groups in total. The Hall–Kier alpha value is -3.67. The van der Waals surface area contributed by atoms with Crippen LogP contribution in [0, 0.1) is 0 Å². The molecule has 1 amide bonds. The van der Waals surface area contributed by atoms with Gasteiger partial charge in [0.15, 0.2) is 0 Å². The third kappa shape index (κ3) is 5.32. The Bertz CT molecular complexity index is 1150. The fourth-order valence-corrected chi connectivity index (χ4v) is 3.65. The lowest BCUT2D eigenvalue weighted by atomic mass is 10.2. The Balaban J connectivity index is 1.35. The van der Waals surface area contributed by atoms with Crippen molar-refractivity contribution >= 4 is 16.9 Å². The highest BCUT2D eigenvalue weighted by molar-refractivity contribution is 5.93. The summed E-state index contributed by atoms with van der Waals surface area (Å²) >= 11 is 0. The van der Waals surface area contributed by atoms with Gasteiger partial charge in [0.25, 0.3) is 5.91 Å². The Kier molecular flexibility index (Phi) is 7.12. The minimum Gasteiger partial charge on any atom is -0.494 e. The van der Waals surface area contributed by atoms with Gasteiger partial charge in [-0.05, 0) is 61.2 Å². The second-order valence-electron chi connectivity index (χ2n) is 7.65. The number of para-hydroxylation sites is 2. The number of nitrogens with one attached hydrogen (secondary N) is 1. The van der Waals surface area contributed by atoms with E-state index in [1.807, 2.05) is 30.3 Å². The van der Waals surface area contributed by atoms with Crippen LogP contribution in [0.5, 0.6) is 5.75 Å². The van der Waals surface area contributed by atoms with Crippen molar-refractivity contribution in [2.75, 3.05) is 6.61 Å². The van der Waals surface area contributed by atoms with E-state index in [9.17, 15) is 4.79 Å². The van der Waals surface area contributed by atoms with E-state index in [1.165, 1.54) is 5.56 Å². The summed E-state index contributed by atoms with van der Waals surface area (Å²) in [5.74, 6) is 1.60. The monoisotopic (exact) mass is 428 g/mol. The van der Waals surface area contributed by atoms with E-state index in [4.69, 9.17) is 9.72 Å². The minimum atomic E-state index is -0.154. The number of benzene rings is 2. The summed E-state index contributed by atoms with van der Waals surface area (Å²) in [5, 5.41) is 2.96. The molecule has 0 radical (unpaired) electrons. The number of carbonyl (C=O) groups excluding carboxylic acids is 1.